The number of anilines is 1. The maximum atomic E-state index is 14.0. The van der Waals surface area contributed by atoms with E-state index in [1.165, 1.54) is 18.2 Å². The van der Waals surface area contributed by atoms with Crippen molar-refractivity contribution >= 4 is 5.82 Å². The van der Waals surface area contributed by atoms with Crippen molar-refractivity contribution in [3.8, 4) is 34.2 Å². The van der Waals surface area contributed by atoms with Crippen LogP contribution >= 0.6 is 0 Å². The zero-order chi connectivity index (χ0) is 18.1. The molecule has 2 aromatic carbocycles. The van der Waals surface area contributed by atoms with Gasteiger partial charge in [0, 0.05) is 17.2 Å². The van der Waals surface area contributed by atoms with Crippen molar-refractivity contribution in [1.29, 1.82) is 5.26 Å². The van der Waals surface area contributed by atoms with Crippen LogP contribution in [0.3, 0.4) is 0 Å². The lowest BCUT2D eigenvalue weighted by atomic mass is 9.98. The second kappa shape index (κ2) is 6.17. The fourth-order valence-electron chi connectivity index (χ4n) is 2.44. The number of phenols is 1. The van der Waals surface area contributed by atoms with Crippen molar-refractivity contribution in [2.24, 2.45) is 0 Å². The first-order valence-corrected chi connectivity index (χ1v) is 7.05. The molecule has 1 aromatic heterocycles. The molecule has 4 nitrogen and oxygen atoms in total. The Kier molecular flexibility index (Phi) is 4.03. The van der Waals surface area contributed by atoms with E-state index in [0.717, 1.165) is 0 Å². The molecule has 0 aliphatic heterocycles. The van der Waals surface area contributed by atoms with Crippen LogP contribution in [0.2, 0.25) is 0 Å². The normalized spacial score (nSPS) is 10.5. The number of phenolic OH excluding ortho intramolecular Hbond substituents is 1. The molecule has 0 unspecified atom stereocenters. The highest BCUT2D eigenvalue weighted by atomic mass is 19.2. The SMILES string of the molecule is N#Cc1c(-c2cccc(O)c2)cc(-c2cc(F)c(F)cc2F)nc1N. The second-order valence-corrected chi connectivity index (χ2v) is 5.22. The lowest BCUT2D eigenvalue weighted by Crippen LogP contribution is -2.01. The number of pyridine rings is 1. The van der Waals surface area contributed by atoms with Crippen molar-refractivity contribution in [1.82, 2.24) is 4.98 Å². The van der Waals surface area contributed by atoms with Crippen LogP contribution in [0.5, 0.6) is 5.75 Å². The molecule has 1 heterocycles. The maximum Gasteiger partial charge on any atom is 0.161 e. The van der Waals surface area contributed by atoms with Crippen molar-refractivity contribution in [3.63, 3.8) is 0 Å². The fourth-order valence-corrected chi connectivity index (χ4v) is 2.44. The molecule has 3 aromatic rings. The Morgan fingerprint density at radius 1 is 0.960 bits per heavy atom. The van der Waals surface area contributed by atoms with Crippen molar-refractivity contribution in [2.75, 3.05) is 5.73 Å². The van der Waals surface area contributed by atoms with E-state index in [0.29, 0.717) is 17.7 Å². The molecule has 0 aliphatic carbocycles. The number of nitrogens with two attached hydrogens (primary N) is 1. The number of benzene rings is 2. The highest BCUT2D eigenvalue weighted by Gasteiger charge is 2.18. The highest BCUT2D eigenvalue weighted by Crippen LogP contribution is 2.33. The Bertz CT molecular complexity index is 1030. The number of aromatic nitrogens is 1. The minimum absolute atomic E-state index is 0.0253. The van der Waals surface area contributed by atoms with Crippen LogP contribution in [0.15, 0.2) is 42.5 Å². The van der Waals surface area contributed by atoms with E-state index >= 15 is 0 Å². The van der Waals surface area contributed by atoms with Crippen LogP contribution in [-0.2, 0) is 0 Å². The molecule has 0 saturated carbocycles. The van der Waals surface area contributed by atoms with Gasteiger partial charge >= 0.3 is 0 Å². The summed E-state index contributed by atoms with van der Waals surface area (Å²) < 4.78 is 40.6. The molecular weight excluding hydrogens is 331 g/mol. The number of nitrogens with zero attached hydrogens (tertiary/aromatic N) is 2. The summed E-state index contributed by atoms with van der Waals surface area (Å²) in [7, 11) is 0. The van der Waals surface area contributed by atoms with E-state index in [9.17, 15) is 23.5 Å². The zero-order valence-corrected chi connectivity index (χ0v) is 12.6. The summed E-state index contributed by atoms with van der Waals surface area (Å²) in [5.74, 6) is -3.81. The van der Waals surface area contributed by atoms with Crippen LogP contribution in [-0.4, -0.2) is 10.1 Å². The molecule has 0 saturated heterocycles. The third-order valence-corrected chi connectivity index (χ3v) is 3.60. The molecule has 7 heteroatoms. The number of rotatable bonds is 2. The van der Waals surface area contributed by atoms with Gasteiger partial charge in [0.05, 0.1) is 5.69 Å². The quantitative estimate of drug-likeness (QED) is 0.690. The molecule has 0 amide bonds. The van der Waals surface area contributed by atoms with Gasteiger partial charge in [-0.2, -0.15) is 5.26 Å². The summed E-state index contributed by atoms with van der Waals surface area (Å²) in [6, 6.07) is 10.3. The Morgan fingerprint density at radius 2 is 1.68 bits per heavy atom. The summed E-state index contributed by atoms with van der Waals surface area (Å²) >= 11 is 0. The Morgan fingerprint density at radius 3 is 2.36 bits per heavy atom. The number of aromatic hydroxyl groups is 1. The van der Waals surface area contributed by atoms with Gasteiger partial charge in [-0.25, -0.2) is 18.2 Å². The fraction of sp³-hybridized carbons (Fsp3) is 0. The van der Waals surface area contributed by atoms with Crippen molar-refractivity contribution in [3.05, 3.63) is 65.5 Å². The van der Waals surface area contributed by atoms with Gasteiger partial charge < -0.3 is 10.8 Å². The van der Waals surface area contributed by atoms with Crippen LogP contribution in [0, 0.1) is 28.8 Å². The first-order chi connectivity index (χ1) is 11.9. The molecule has 0 atom stereocenters. The minimum Gasteiger partial charge on any atom is -0.508 e. The third kappa shape index (κ3) is 2.97. The van der Waals surface area contributed by atoms with Gasteiger partial charge in [-0.3, -0.25) is 0 Å². The largest absolute Gasteiger partial charge is 0.508 e. The van der Waals surface area contributed by atoms with Crippen LogP contribution < -0.4 is 5.73 Å². The van der Waals surface area contributed by atoms with E-state index < -0.39 is 17.5 Å². The Hall–Kier alpha value is -3.53. The standard InChI is InChI=1S/C18H10F3N3O/c19-14-7-16(21)15(20)5-12(14)17-6-11(13(8-22)18(23)24-17)9-2-1-3-10(25)4-9/h1-7,25H,(H2,23,24). The number of nitrogen functional groups attached to an aromatic ring is 1. The third-order valence-electron chi connectivity index (χ3n) is 3.60. The highest BCUT2D eigenvalue weighted by molar-refractivity contribution is 5.80. The van der Waals surface area contributed by atoms with Gasteiger partial charge in [-0.05, 0) is 29.8 Å². The predicted molar refractivity (Wildman–Crippen MR) is 85.8 cm³/mol. The second-order valence-electron chi connectivity index (χ2n) is 5.22. The summed E-state index contributed by atoms with van der Waals surface area (Å²) in [5.41, 5.74) is 6.17. The van der Waals surface area contributed by atoms with E-state index in [4.69, 9.17) is 5.73 Å². The first kappa shape index (κ1) is 16.3. The predicted octanol–water partition coefficient (Wildman–Crippen LogP) is 3.99. The molecule has 25 heavy (non-hydrogen) atoms. The number of halogens is 3. The molecular formula is C18H10F3N3O. The van der Waals surface area contributed by atoms with E-state index in [2.05, 4.69) is 4.98 Å². The lowest BCUT2D eigenvalue weighted by molar-refractivity contribution is 0.475. The summed E-state index contributed by atoms with van der Waals surface area (Å²) in [6.45, 7) is 0. The van der Waals surface area contributed by atoms with Crippen LogP contribution in [0.4, 0.5) is 19.0 Å². The molecule has 0 bridgehead atoms. The number of hydrogen-bond acceptors (Lipinski definition) is 4. The van der Waals surface area contributed by atoms with Crippen molar-refractivity contribution in [2.45, 2.75) is 0 Å². The zero-order valence-electron chi connectivity index (χ0n) is 12.6. The van der Waals surface area contributed by atoms with Crippen LogP contribution in [0.25, 0.3) is 22.4 Å². The van der Waals surface area contributed by atoms with Crippen molar-refractivity contribution < 1.29 is 18.3 Å². The summed E-state index contributed by atoms with van der Waals surface area (Å²) in [4.78, 5) is 3.92. The van der Waals surface area contributed by atoms with E-state index in [1.807, 2.05) is 6.07 Å². The topological polar surface area (TPSA) is 82.9 Å². The molecule has 3 N–H and O–H groups in total. The molecule has 0 spiro atoms. The lowest BCUT2D eigenvalue weighted by Gasteiger charge is -2.11. The van der Waals surface area contributed by atoms with Gasteiger partial charge in [0.15, 0.2) is 11.6 Å². The molecule has 124 valence electrons. The van der Waals surface area contributed by atoms with Gasteiger partial charge in [0.1, 0.15) is 29.0 Å². The molecule has 0 radical (unpaired) electrons. The molecule has 3 rings (SSSR count). The van der Waals surface area contributed by atoms with Gasteiger partial charge in [-0.15, -0.1) is 0 Å². The number of nitriles is 1. The van der Waals surface area contributed by atoms with Gasteiger partial charge in [-0.1, -0.05) is 12.1 Å². The monoisotopic (exact) mass is 341 g/mol. The Labute approximate surface area is 140 Å². The van der Waals surface area contributed by atoms with E-state index in [-0.39, 0.29) is 34.0 Å². The minimum atomic E-state index is -1.32. The van der Waals surface area contributed by atoms with Crippen LogP contribution in [0.1, 0.15) is 5.56 Å². The average molecular weight is 341 g/mol. The smallest absolute Gasteiger partial charge is 0.161 e. The summed E-state index contributed by atoms with van der Waals surface area (Å²) in [6.07, 6.45) is 0. The summed E-state index contributed by atoms with van der Waals surface area (Å²) in [5, 5.41) is 18.9. The average Bonchev–Trinajstić information content (AvgIpc) is 2.57. The van der Waals surface area contributed by atoms with Gasteiger partial charge in [0.25, 0.3) is 0 Å². The van der Waals surface area contributed by atoms with Gasteiger partial charge in [0.2, 0.25) is 0 Å². The molecule has 0 fully saturated rings. The maximum absolute atomic E-state index is 14.0. The molecule has 0 aliphatic rings. The first-order valence-electron chi connectivity index (χ1n) is 7.05. The Balaban J connectivity index is 2.28. The van der Waals surface area contributed by atoms with E-state index in [1.54, 1.807) is 12.1 Å². The number of hydrogen-bond donors (Lipinski definition) is 2.